The van der Waals surface area contributed by atoms with Crippen LogP contribution in [0.1, 0.15) is 5.56 Å². The van der Waals surface area contributed by atoms with Gasteiger partial charge in [0.1, 0.15) is 5.75 Å². The van der Waals surface area contributed by atoms with E-state index in [0.29, 0.717) is 32.3 Å². The zero-order chi connectivity index (χ0) is 13.8. The van der Waals surface area contributed by atoms with Crippen molar-refractivity contribution in [2.24, 2.45) is 0 Å². The molecule has 96 valence electrons. The van der Waals surface area contributed by atoms with Crippen molar-refractivity contribution in [2.45, 2.75) is 0 Å². The molecule has 0 aliphatic heterocycles. The summed E-state index contributed by atoms with van der Waals surface area (Å²) in [5, 5.41) is 9.29. The maximum atomic E-state index is 8.81. The lowest BCUT2D eigenvalue weighted by molar-refractivity contribution is 0.378. The van der Waals surface area contributed by atoms with Gasteiger partial charge < -0.3 is 9.47 Å². The van der Waals surface area contributed by atoms with Gasteiger partial charge in [-0.1, -0.05) is 17.7 Å². The molecule has 3 nitrogen and oxygen atoms in total. The van der Waals surface area contributed by atoms with E-state index in [1.165, 1.54) is 7.11 Å². The molecule has 5 heteroatoms. The third-order valence-electron chi connectivity index (χ3n) is 2.42. The van der Waals surface area contributed by atoms with Crippen molar-refractivity contribution in [1.82, 2.24) is 0 Å². The fraction of sp³-hybridized carbons (Fsp3) is 0.0714. The molecule has 0 bridgehead atoms. The van der Waals surface area contributed by atoms with Crippen LogP contribution in [0.15, 0.2) is 40.9 Å². The van der Waals surface area contributed by atoms with Gasteiger partial charge in [0.15, 0.2) is 11.5 Å². The normalized spacial score (nSPS) is 9.79. The van der Waals surface area contributed by atoms with Crippen molar-refractivity contribution >= 4 is 27.5 Å². The van der Waals surface area contributed by atoms with Crippen LogP contribution in [0.4, 0.5) is 0 Å². The Morgan fingerprint density at radius 3 is 2.63 bits per heavy atom. The van der Waals surface area contributed by atoms with Crippen LogP contribution in [0, 0.1) is 11.3 Å². The van der Waals surface area contributed by atoms with Crippen LogP contribution in [0.25, 0.3) is 0 Å². The Morgan fingerprint density at radius 1 is 1.21 bits per heavy atom. The first-order chi connectivity index (χ1) is 9.15. The highest BCUT2D eigenvalue weighted by Gasteiger charge is 2.11. The van der Waals surface area contributed by atoms with Crippen LogP contribution in [-0.4, -0.2) is 7.11 Å². The van der Waals surface area contributed by atoms with E-state index in [0.717, 1.165) is 0 Å². The van der Waals surface area contributed by atoms with Gasteiger partial charge in [-0.15, -0.1) is 0 Å². The molecule has 0 amide bonds. The molecule has 0 heterocycles. The van der Waals surface area contributed by atoms with Crippen LogP contribution in [-0.2, 0) is 0 Å². The number of ether oxygens (including phenoxy) is 2. The van der Waals surface area contributed by atoms with Crippen molar-refractivity contribution in [2.75, 3.05) is 7.11 Å². The second kappa shape index (κ2) is 5.96. The van der Waals surface area contributed by atoms with Crippen LogP contribution >= 0.6 is 27.5 Å². The highest BCUT2D eigenvalue weighted by molar-refractivity contribution is 9.10. The second-order valence-corrected chi connectivity index (χ2v) is 4.89. The quantitative estimate of drug-likeness (QED) is 0.809. The third kappa shape index (κ3) is 3.01. The summed E-state index contributed by atoms with van der Waals surface area (Å²) < 4.78 is 11.6. The lowest BCUT2D eigenvalue weighted by Crippen LogP contribution is -1.92. The predicted octanol–water partition coefficient (Wildman–Crippen LogP) is 4.78. The van der Waals surface area contributed by atoms with E-state index in [1.54, 1.807) is 36.4 Å². The molecule has 0 aromatic heterocycles. The molecule has 0 atom stereocenters. The average Bonchev–Trinajstić information content (AvgIpc) is 2.41. The van der Waals surface area contributed by atoms with Gasteiger partial charge in [-0.25, -0.2) is 0 Å². The Morgan fingerprint density at radius 2 is 2.00 bits per heavy atom. The van der Waals surface area contributed by atoms with Gasteiger partial charge >= 0.3 is 0 Å². The molecule has 0 aliphatic carbocycles. The zero-order valence-corrected chi connectivity index (χ0v) is 12.3. The first-order valence-corrected chi connectivity index (χ1v) is 6.53. The van der Waals surface area contributed by atoms with E-state index in [1.807, 2.05) is 0 Å². The van der Waals surface area contributed by atoms with Gasteiger partial charge in [-0.2, -0.15) is 5.26 Å². The molecule has 2 rings (SSSR count). The molecule has 0 N–H and O–H groups in total. The number of hydrogen-bond acceptors (Lipinski definition) is 3. The monoisotopic (exact) mass is 337 g/mol. The Balaban J connectivity index is 2.37. The van der Waals surface area contributed by atoms with Crippen molar-refractivity contribution in [1.29, 1.82) is 5.26 Å². The minimum atomic E-state index is 0.473. The lowest BCUT2D eigenvalue weighted by Gasteiger charge is -2.12. The summed E-state index contributed by atoms with van der Waals surface area (Å²) in [5.74, 6) is 1.57. The smallest absolute Gasteiger partial charge is 0.180 e. The molecule has 0 radical (unpaired) electrons. The maximum Gasteiger partial charge on any atom is 0.180 e. The van der Waals surface area contributed by atoms with E-state index in [-0.39, 0.29) is 0 Å². The number of methoxy groups -OCH3 is 1. The van der Waals surface area contributed by atoms with Gasteiger partial charge in [0, 0.05) is 0 Å². The zero-order valence-electron chi connectivity index (χ0n) is 9.98. The first-order valence-electron chi connectivity index (χ1n) is 5.35. The number of nitrogens with zero attached hydrogens (tertiary/aromatic N) is 1. The molecule has 0 fully saturated rings. The molecule has 0 saturated carbocycles. The summed E-state index contributed by atoms with van der Waals surface area (Å²) in [7, 11) is 1.53. The fourth-order valence-corrected chi connectivity index (χ4v) is 2.24. The molecule has 0 saturated heterocycles. The number of hydrogen-bond donors (Lipinski definition) is 0. The molecule has 19 heavy (non-hydrogen) atoms. The van der Waals surface area contributed by atoms with E-state index < -0.39 is 0 Å². The molecule has 0 aliphatic rings. The lowest BCUT2D eigenvalue weighted by atomic mass is 10.2. The first kappa shape index (κ1) is 13.7. The number of rotatable bonds is 3. The summed E-state index contributed by atoms with van der Waals surface area (Å²) in [6, 6.07) is 12.4. The Bertz CT molecular complexity index is 652. The predicted molar refractivity (Wildman–Crippen MR) is 76.9 cm³/mol. The van der Waals surface area contributed by atoms with E-state index in [2.05, 4.69) is 22.0 Å². The van der Waals surface area contributed by atoms with Crippen molar-refractivity contribution < 1.29 is 9.47 Å². The van der Waals surface area contributed by atoms with Gasteiger partial charge in [-0.05, 0) is 46.3 Å². The molecule has 2 aromatic rings. The van der Waals surface area contributed by atoms with Crippen molar-refractivity contribution in [3.63, 3.8) is 0 Å². The Labute approximate surface area is 124 Å². The van der Waals surface area contributed by atoms with Crippen molar-refractivity contribution in [3.05, 3.63) is 51.5 Å². The second-order valence-electron chi connectivity index (χ2n) is 3.63. The maximum absolute atomic E-state index is 8.81. The summed E-state index contributed by atoms with van der Waals surface area (Å²) in [5.41, 5.74) is 0.553. The number of nitriles is 1. The van der Waals surface area contributed by atoms with E-state index in [9.17, 15) is 0 Å². The largest absolute Gasteiger partial charge is 0.491 e. The molecular formula is C14H9BrClNO2. The summed E-state index contributed by atoms with van der Waals surface area (Å²) in [6.45, 7) is 0. The Hall–Kier alpha value is -1.70. The van der Waals surface area contributed by atoms with Gasteiger partial charge in [0.05, 0.1) is 28.2 Å². The minimum absolute atomic E-state index is 0.473. The Kier molecular flexibility index (Phi) is 4.31. The SMILES string of the molecule is COc1c(Cl)cccc1Oc1ccc(C#N)cc1Br. The number of benzene rings is 2. The highest BCUT2D eigenvalue weighted by atomic mass is 79.9. The highest BCUT2D eigenvalue weighted by Crippen LogP contribution is 2.39. The van der Waals surface area contributed by atoms with E-state index in [4.69, 9.17) is 26.3 Å². The summed E-state index contributed by atoms with van der Waals surface area (Å²) in [4.78, 5) is 0. The molecular weight excluding hydrogens is 330 g/mol. The molecule has 0 spiro atoms. The van der Waals surface area contributed by atoms with Crippen LogP contribution in [0.2, 0.25) is 5.02 Å². The molecule has 0 unspecified atom stereocenters. The fourth-order valence-electron chi connectivity index (χ4n) is 1.54. The number of halogens is 2. The molecule has 2 aromatic carbocycles. The number of para-hydroxylation sites is 1. The average molecular weight is 339 g/mol. The summed E-state index contributed by atoms with van der Waals surface area (Å²) in [6.07, 6.45) is 0. The van der Waals surface area contributed by atoms with Gasteiger partial charge in [0.2, 0.25) is 0 Å². The van der Waals surface area contributed by atoms with Crippen molar-refractivity contribution in [3.8, 4) is 23.3 Å². The van der Waals surface area contributed by atoms with Gasteiger partial charge in [0.25, 0.3) is 0 Å². The van der Waals surface area contributed by atoms with Crippen LogP contribution < -0.4 is 9.47 Å². The standard InChI is InChI=1S/C14H9BrClNO2/c1-18-14-11(16)3-2-4-13(14)19-12-6-5-9(8-17)7-10(12)15/h2-7H,1H3. The topological polar surface area (TPSA) is 42.2 Å². The minimum Gasteiger partial charge on any atom is -0.491 e. The van der Waals surface area contributed by atoms with E-state index >= 15 is 0 Å². The van der Waals surface area contributed by atoms with Gasteiger partial charge in [-0.3, -0.25) is 0 Å². The van der Waals surface area contributed by atoms with Crippen LogP contribution in [0.3, 0.4) is 0 Å². The van der Waals surface area contributed by atoms with Crippen LogP contribution in [0.5, 0.6) is 17.2 Å². The summed E-state index contributed by atoms with van der Waals surface area (Å²) >= 11 is 9.38. The third-order valence-corrected chi connectivity index (χ3v) is 3.33.